The van der Waals surface area contributed by atoms with E-state index in [1.165, 1.54) is 44.6 Å². The zero-order chi connectivity index (χ0) is 11.7. The van der Waals surface area contributed by atoms with Gasteiger partial charge in [0.1, 0.15) is 0 Å². The highest BCUT2D eigenvalue weighted by atomic mass is 15.2. The largest absolute Gasteiger partial charge is 0.316 e. The van der Waals surface area contributed by atoms with Crippen molar-refractivity contribution in [3.63, 3.8) is 0 Å². The van der Waals surface area contributed by atoms with Crippen molar-refractivity contribution in [3.8, 4) is 0 Å². The van der Waals surface area contributed by atoms with Crippen LogP contribution in [-0.2, 0) is 6.54 Å². The van der Waals surface area contributed by atoms with Gasteiger partial charge in [-0.25, -0.2) is 0 Å². The lowest BCUT2D eigenvalue weighted by Gasteiger charge is -2.22. The van der Waals surface area contributed by atoms with E-state index in [9.17, 15) is 0 Å². The molecule has 0 amide bonds. The van der Waals surface area contributed by atoms with Crippen LogP contribution in [0.4, 0.5) is 0 Å². The van der Waals surface area contributed by atoms with Crippen LogP contribution in [0.25, 0.3) is 0 Å². The van der Waals surface area contributed by atoms with Crippen LogP contribution in [0.2, 0.25) is 0 Å². The quantitative estimate of drug-likeness (QED) is 0.837. The highest BCUT2D eigenvalue weighted by Gasteiger charge is 2.39. The van der Waals surface area contributed by atoms with Crippen LogP contribution in [0.5, 0.6) is 0 Å². The zero-order valence-electron chi connectivity index (χ0n) is 10.6. The van der Waals surface area contributed by atoms with E-state index in [0.29, 0.717) is 5.41 Å². The van der Waals surface area contributed by atoms with E-state index in [-0.39, 0.29) is 0 Å². The van der Waals surface area contributed by atoms with Crippen molar-refractivity contribution in [2.24, 2.45) is 5.41 Å². The fourth-order valence-electron chi connectivity index (χ4n) is 3.16. The van der Waals surface area contributed by atoms with Gasteiger partial charge in [0.15, 0.2) is 0 Å². The first kappa shape index (κ1) is 11.2. The fourth-order valence-corrected chi connectivity index (χ4v) is 3.16. The molecule has 0 aliphatic carbocycles. The number of aromatic nitrogens is 1. The Morgan fingerprint density at radius 1 is 1.41 bits per heavy atom. The maximum Gasteiger partial charge on any atom is 0.0372 e. The average molecular weight is 231 g/mol. The molecule has 0 saturated carbocycles. The molecular weight excluding hydrogens is 210 g/mol. The second-order valence-corrected chi connectivity index (χ2v) is 5.70. The van der Waals surface area contributed by atoms with E-state index in [2.05, 4.69) is 27.3 Å². The van der Waals surface area contributed by atoms with Crippen molar-refractivity contribution >= 4 is 0 Å². The Balaban J connectivity index is 1.62. The SMILES string of the molecule is Cc1ccc(CN2CCC3(CCNC3)C2)cn1. The van der Waals surface area contributed by atoms with Gasteiger partial charge in [-0.1, -0.05) is 6.07 Å². The molecule has 1 atom stereocenters. The summed E-state index contributed by atoms with van der Waals surface area (Å²) in [5.74, 6) is 0. The number of rotatable bonds is 2. The molecule has 3 rings (SSSR count). The Morgan fingerprint density at radius 3 is 3.06 bits per heavy atom. The summed E-state index contributed by atoms with van der Waals surface area (Å²) in [5, 5.41) is 3.51. The van der Waals surface area contributed by atoms with Crippen molar-refractivity contribution in [1.29, 1.82) is 0 Å². The Labute approximate surface area is 103 Å². The molecule has 0 bridgehead atoms. The van der Waals surface area contributed by atoms with Gasteiger partial charge < -0.3 is 5.32 Å². The minimum absolute atomic E-state index is 0.581. The first-order valence-electron chi connectivity index (χ1n) is 6.60. The summed E-state index contributed by atoms with van der Waals surface area (Å²) >= 11 is 0. The van der Waals surface area contributed by atoms with Gasteiger partial charge in [-0.05, 0) is 49.9 Å². The number of hydrogen-bond donors (Lipinski definition) is 1. The first-order chi connectivity index (χ1) is 8.26. The number of nitrogens with one attached hydrogen (secondary N) is 1. The molecule has 1 aromatic rings. The molecule has 1 unspecified atom stereocenters. The Morgan fingerprint density at radius 2 is 2.35 bits per heavy atom. The molecule has 2 saturated heterocycles. The van der Waals surface area contributed by atoms with Crippen LogP contribution in [0.3, 0.4) is 0 Å². The molecule has 0 aromatic carbocycles. The Bertz CT molecular complexity index is 379. The van der Waals surface area contributed by atoms with Crippen molar-refractivity contribution in [1.82, 2.24) is 15.2 Å². The maximum atomic E-state index is 4.37. The molecule has 1 spiro atoms. The second-order valence-electron chi connectivity index (χ2n) is 5.70. The minimum Gasteiger partial charge on any atom is -0.316 e. The Hall–Kier alpha value is -0.930. The standard InChI is InChI=1S/C14H21N3/c1-12-2-3-13(8-16-12)9-17-7-5-14(11-17)4-6-15-10-14/h2-3,8,15H,4-7,9-11H2,1H3. The fraction of sp³-hybridized carbons (Fsp3) is 0.643. The van der Waals surface area contributed by atoms with E-state index in [1.807, 2.05) is 13.1 Å². The van der Waals surface area contributed by atoms with E-state index in [1.54, 1.807) is 0 Å². The topological polar surface area (TPSA) is 28.2 Å². The number of aryl methyl sites for hydroxylation is 1. The third-order valence-corrected chi connectivity index (χ3v) is 4.23. The molecule has 92 valence electrons. The summed E-state index contributed by atoms with van der Waals surface area (Å²) < 4.78 is 0. The lowest BCUT2D eigenvalue weighted by molar-refractivity contribution is 0.268. The van der Waals surface area contributed by atoms with Gasteiger partial charge in [-0.15, -0.1) is 0 Å². The highest BCUT2D eigenvalue weighted by molar-refractivity contribution is 5.13. The molecule has 2 aliphatic rings. The van der Waals surface area contributed by atoms with Gasteiger partial charge >= 0.3 is 0 Å². The number of likely N-dealkylation sites (tertiary alicyclic amines) is 1. The molecule has 1 aromatic heterocycles. The normalized spacial score (nSPS) is 29.2. The summed E-state index contributed by atoms with van der Waals surface area (Å²) in [6.07, 6.45) is 4.74. The summed E-state index contributed by atoms with van der Waals surface area (Å²) in [4.78, 5) is 6.95. The zero-order valence-corrected chi connectivity index (χ0v) is 10.6. The smallest absolute Gasteiger partial charge is 0.0372 e. The van der Waals surface area contributed by atoms with Crippen LogP contribution in [0, 0.1) is 12.3 Å². The predicted molar refractivity (Wildman–Crippen MR) is 68.8 cm³/mol. The minimum atomic E-state index is 0.581. The summed E-state index contributed by atoms with van der Waals surface area (Å²) in [6, 6.07) is 4.32. The number of hydrogen-bond acceptors (Lipinski definition) is 3. The van der Waals surface area contributed by atoms with Gasteiger partial charge in [0.25, 0.3) is 0 Å². The monoisotopic (exact) mass is 231 g/mol. The number of nitrogens with zero attached hydrogens (tertiary/aromatic N) is 2. The third-order valence-electron chi connectivity index (χ3n) is 4.23. The molecule has 17 heavy (non-hydrogen) atoms. The molecule has 3 nitrogen and oxygen atoms in total. The molecule has 3 heterocycles. The second kappa shape index (κ2) is 4.39. The van der Waals surface area contributed by atoms with Gasteiger partial charge in [0.05, 0.1) is 0 Å². The van der Waals surface area contributed by atoms with Crippen molar-refractivity contribution in [3.05, 3.63) is 29.6 Å². The lowest BCUT2D eigenvalue weighted by Crippen LogP contribution is -2.28. The van der Waals surface area contributed by atoms with Crippen molar-refractivity contribution in [2.45, 2.75) is 26.3 Å². The highest BCUT2D eigenvalue weighted by Crippen LogP contribution is 2.36. The molecule has 1 N–H and O–H groups in total. The van der Waals surface area contributed by atoms with Crippen LogP contribution in [0.1, 0.15) is 24.1 Å². The summed E-state index contributed by atoms with van der Waals surface area (Å²) in [7, 11) is 0. The summed E-state index contributed by atoms with van der Waals surface area (Å²) in [5.41, 5.74) is 3.03. The first-order valence-corrected chi connectivity index (χ1v) is 6.60. The van der Waals surface area contributed by atoms with Crippen molar-refractivity contribution in [2.75, 3.05) is 26.2 Å². The van der Waals surface area contributed by atoms with E-state index >= 15 is 0 Å². The van der Waals surface area contributed by atoms with Crippen LogP contribution < -0.4 is 5.32 Å². The predicted octanol–water partition coefficient (Wildman–Crippen LogP) is 1.58. The van der Waals surface area contributed by atoms with Crippen LogP contribution in [-0.4, -0.2) is 36.1 Å². The molecule has 0 radical (unpaired) electrons. The van der Waals surface area contributed by atoms with Crippen LogP contribution >= 0.6 is 0 Å². The molecule has 3 heteroatoms. The van der Waals surface area contributed by atoms with Gasteiger partial charge in [-0.3, -0.25) is 9.88 Å². The van der Waals surface area contributed by atoms with E-state index in [4.69, 9.17) is 0 Å². The lowest BCUT2D eigenvalue weighted by atomic mass is 9.87. The molecule has 2 aliphatic heterocycles. The summed E-state index contributed by atoms with van der Waals surface area (Å²) in [6.45, 7) is 8.03. The third kappa shape index (κ3) is 2.35. The molecule has 2 fully saturated rings. The van der Waals surface area contributed by atoms with Crippen molar-refractivity contribution < 1.29 is 0 Å². The van der Waals surface area contributed by atoms with Gasteiger partial charge in [0.2, 0.25) is 0 Å². The number of pyridine rings is 1. The average Bonchev–Trinajstić information content (AvgIpc) is 2.94. The van der Waals surface area contributed by atoms with Gasteiger partial charge in [0, 0.05) is 31.5 Å². The van der Waals surface area contributed by atoms with E-state index < -0.39 is 0 Å². The molecular formula is C14H21N3. The van der Waals surface area contributed by atoms with Gasteiger partial charge in [-0.2, -0.15) is 0 Å². The van der Waals surface area contributed by atoms with Crippen LogP contribution in [0.15, 0.2) is 18.3 Å². The van der Waals surface area contributed by atoms with E-state index in [0.717, 1.165) is 12.2 Å². The maximum absolute atomic E-state index is 4.37. The Kier molecular flexibility index (Phi) is 2.89.